The Kier molecular flexibility index (Phi) is 3.90. The number of aromatic nitrogens is 1. The van der Waals surface area contributed by atoms with Crippen molar-refractivity contribution in [2.75, 3.05) is 10.6 Å². The summed E-state index contributed by atoms with van der Waals surface area (Å²) in [5.74, 6) is 0. The van der Waals surface area contributed by atoms with E-state index in [1.165, 1.54) is 11.3 Å². The summed E-state index contributed by atoms with van der Waals surface area (Å²) in [5, 5.41) is 6.11. The van der Waals surface area contributed by atoms with E-state index in [-0.39, 0.29) is 6.03 Å². The molecule has 2 amide bonds. The van der Waals surface area contributed by atoms with Gasteiger partial charge < -0.3 is 5.32 Å². The number of urea groups is 1. The maximum atomic E-state index is 12.0. The van der Waals surface area contributed by atoms with Crippen LogP contribution in [0.15, 0.2) is 46.9 Å². The molecule has 0 saturated carbocycles. The van der Waals surface area contributed by atoms with E-state index in [0.717, 1.165) is 25.9 Å². The fraction of sp³-hybridized carbons (Fsp3) is 0.0667. The molecule has 106 valence electrons. The van der Waals surface area contributed by atoms with Crippen LogP contribution in [0.3, 0.4) is 0 Å². The minimum absolute atomic E-state index is 0.297. The largest absolute Gasteiger partial charge is 0.325 e. The Morgan fingerprint density at radius 1 is 1.14 bits per heavy atom. The second-order valence-corrected chi connectivity index (χ2v) is 6.44. The molecule has 6 heteroatoms. The van der Waals surface area contributed by atoms with Crippen molar-refractivity contribution in [2.45, 2.75) is 6.92 Å². The van der Waals surface area contributed by atoms with Gasteiger partial charge >= 0.3 is 6.03 Å². The number of carbonyl (C=O) groups excluding carboxylic acids is 1. The van der Waals surface area contributed by atoms with E-state index in [4.69, 9.17) is 0 Å². The van der Waals surface area contributed by atoms with Gasteiger partial charge in [-0.25, -0.2) is 9.78 Å². The average molecular weight is 362 g/mol. The van der Waals surface area contributed by atoms with Crippen molar-refractivity contribution in [3.8, 4) is 0 Å². The van der Waals surface area contributed by atoms with Crippen molar-refractivity contribution in [1.82, 2.24) is 4.98 Å². The number of anilines is 2. The first-order chi connectivity index (χ1) is 10.1. The van der Waals surface area contributed by atoms with Gasteiger partial charge in [-0.1, -0.05) is 35.1 Å². The molecule has 0 aliphatic rings. The van der Waals surface area contributed by atoms with Crippen molar-refractivity contribution in [1.29, 1.82) is 0 Å². The topological polar surface area (TPSA) is 54.0 Å². The summed E-state index contributed by atoms with van der Waals surface area (Å²) >= 11 is 4.89. The van der Waals surface area contributed by atoms with E-state index in [1.807, 2.05) is 49.4 Å². The minimum Gasteiger partial charge on any atom is -0.308 e. The lowest BCUT2D eigenvalue weighted by Crippen LogP contribution is -2.19. The molecule has 0 atom stereocenters. The van der Waals surface area contributed by atoms with Gasteiger partial charge in [0.1, 0.15) is 0 Å². The molecule has 2 aromatic carbocycles. The van der Waals surface area contributed by atoms with E-state index in [1.54, 1.807) is 0 Å². The van der Waals surface area contributed by atoms with Crippen molar-refractivity contribution >= 4 is 54.3 Å². The number of rotatable bonds is 2. The van der Waals surface area contributed by atoms with Crippen LogP contribution in [0, 0.1) is 6.92 Å². The van der Waals surface area contributed by atoms with E-state index in [9.17, 15) is 4.79 Å². The molecule has 3 rings (SSSR count). The summed E-state index contributed by atoms with van der Waals surface area (Å²) in [5.41, 5.74) is 2.76. The van der Waals surface area contributed by atoms with Gasteiger partial charge in [-0.2, -0.15) is 0 Å². The highest BCUT2D eigenvalue weighted by Gasteiger charge is 2.09. The molecule has 1 heterocycles. The van der Waals surface area contributed by atoms with E-state index >= 15 is 0 Å². The summed E-state index contributed by atoms with van der Waals surface area (Å²) in [6.07, 6.45) is 0. The fourth-order valence-corrected chi connectivity index (χ4v) is 3.34. The van der Waals surface area contributed by atoms with Crippen LogP contribution in [0.5, 0.6) is 0 Å². The third-order valence-electron chi connectivity index (χ3n) is 2.90. The maximum Gasteiger partial charge on any atom is 0.325 e. The number of halogens is 1. The Bertz CT molecular complexity index is 798. The van der Waals surface area contributed by atoms with Crippen molar-refractivity contribution < 1.29 is 4.79 Å². The molecule has 0 aliphatic carbocycles. The predicted molar refractivity (Wildman–Crippen MR) is 91.1 cm³/mol. The quantitative estimate of drug-likeness (QED) is 0.673. The van der Waals surface area contributed by atoms with Gasteiger partial charge in [0.2, 0.25) is 0 Å². The number of thiazole rings is 1. The molecule has 21 heavy (non-hydrogen) atoms. The molecule has 0 spiro atoms. The van der Waals surface area contributed by atoms with Gasteiger partial charge in [-0.3, -0.25) is 5.32 Å². The van der Waals surface area contributed by atoms with Crippen molar-refractivity contribution in [3.05, 3.63) is 52.5 Å². The zero-order valence-electron chi connectivity index (χ0n) is 11.2. The molecule has 0 radical (unpaired) electrons. The summed E-state index contributed by atoms with van der Waals surface area (Å²) in [4.78, 5) is 16.4. The third kappa shape index (κ3) is 3.22. The Hall–Kier alpha value is -1.92. The van der Waals surface area contributed by atoms with Crippen LogP contribution in [-0.4, -0.2) is 11.0 Å². The highest BCUT2D eigenvalue weighted by molar-refractivity contribution is 9.10. The lowest BCUT2D eigenvalue weighted by molar-refractivity contribution is 0.262. The first kappa shape index (κ1) is 14.0. The third-order valence-corrected chi connectivity index (χ3v) is 4.48. The molecular weight excluding hydrogens is 350 g/mol. The Morgan fingerprint density at radius 3 is 2.62 bits per heavy atom. The fourth-order valence-electron chi connectivity index (χ4n) is 1.86. The first-order valence-corrected chi connectivity index (χ1v) is 7.92. The molecule has 0 unspecified atom stereocenters. The number of para-hydroxylation sites is 1. The normalized spacial score (nSPS) is 10.6. The van der Waals surface area contributed by atoms with E-state index in [2.05, 4.69) is 31.5 Å². The molecule has 1 aromatic heterocycles. The highest BCUT2D eigenvalue weighted by atomic mass is 79.9. The second-order valence-electron chi connectivity index (χ2n) is 4.55. The van der Waals surface area contributed by atoms with Crippen LogP contribution in [0.25, 0.3) is 10.2 Å². The van der Waals surface area contributed by atoms with Crippen LogP contribution in [0.4, 0.5) is 15.6 Å². The molecular formula is C15H12BrN3OS. The van der Waals surface area contributed by atoms with Crippen LogP contribution >= 0.6 is 27.3 Å². The van der Waals surface area contributed by atoms with Gasteiger partial charge in [0.25, 0.3) is 0 Å². The lowest BCUT2D eigenvalue weighted by atomic mass is 10.2. The number of benzene rings is 2. The van der Waals surface area contributed by atoms with Gasteiger partial charge in [0, 0.05) is 10.2 Å². The Morgan fingerprint density at radius 2 is 1.90 bits per heavy atom. The number of aryl methyl sites for hydroxylation is 1. The lowest BCUT2D eigenvalue weighted by Gasteiger charge is -2.05. The zero-order valence-corrected chi connectivity index (χ0v) is 13.6. The first-order valence-electron chi connectivity index (χ1n) is 6.31. The number of nitrogens with zero attached hydrogens (tertiary/aromatic N) is 1. The van der Waals surface area contributed by atoms with Gasteiger partial charge in [0.05, 0.1) is 10.2 Å². The smallest absolute Gasteiger partial charge is 0.308 e. The molecule has 0 saturated heterocycles. The summed E-state index contributed by atoms with van der Waals surface area (Å²) in [6.45, 7) is 2.00. The van der Waals surface area contributed by atoms with E-state index < -0.39 is 0 Å². The number of carbonyl (C=O) groups is 1. The predicted octanol–water partition coefficient (Wildman–Crippen LogP) is 5.01. The van der Waals surface area contributed by atoms with Crippen molar-refractivity contribution in [2.24, 2.45) is 0 Å². The maximum absolute atomic E-state index is 12.0. The summed E-state index contributed by atoms with van der Waals surface area (Å²) in [6, 6.07) is 13.2. The standard InChI is InChI=1S/C15H12BrN3OS/c1-9-5-7-10(8-6-9)17-14(20)19-15-18-13-11(16)3-2-4-12(13)21-15/h2-8H,1H3,(H2,17,18,19,20). The number of fused-ring (bicyclic) bond motifs is 1. The van der Waals surface area contributed by atoms with Crippen molar-refractivity contribution in [3.63, 3.8) is 0 Å². The van der Waals surface area contributed by atoms with Crippen LogP contribution < -0.4 is 10.6 Å². The van der Waals surface area contributed by atoms with E-state index in [0.29, 0.717) is 5.13 Å². The number of amides is 2. The summed E-state index contributed by atoms with van der Waals surface area (Å²) in [7, 11) is 0. The Labute approximate surface area is 134 Å². The monoisotopic (exact) mass is 361 g/mol. The zero-order chi connectivity index (χ0) is 14.8. The molecule has 4 nitrogen and oxygen atoms in total. The number of hydrogen-bond donors (Lipinski definition) is 2. The molecule has 0 aliphatic heterocycles. The molecule has 3 aromatic rings. The SMILES string of the molecule is Cc1ccc(NC(=O)Nc2nc3c(Br)cccc3s2)cc1. The Balaban J connectivity index is 1.74. The second kappa shape index (κ2) is 5.83. The van der Waals surface area contributed by atoms with Crippen LogP contribution in [0.1, 0.15) is 5.56 Å². The van der Waals surface area contributed by atoms with Gasteiger partial charge in [-0.15, -0.1) is 0 Å². The summed E-state index contributed by atoms with van der Waals surface area (Å²) < 4.78 is 1.94. The van der Waals surface area contributed by atoms with Crippen LogP contribution in [0.2, 0.25) is 0 Å². The number of nitrogens with one attached hydrogen (secondary N) is 2. The molecule has 0 bridgehead atoms. The van der Waals surface area contributed by atoms with Gasteiger partial charge in [0.15, 0.2) is 5.13 Å². The molecule has 2 N–H and O–H groups in total. The average Bonchev–Trinajstić information content (AvgIpc) is 2.85. The minimum atomic E-state index is -0.297. The van der Waals surface area contributed by atoms with Crippen LogP contribution in [-0.2, 0) is 0 Å². The number of hydrogen-bond acceptors (Lipinski definition) is 3. The molecule has 0 fully saturated rings. The highest BCUT2D eigenvalue weighted by Crippen LogP contribution is 2.30. The van der Waals surface area contributed by atoms with Gasteiger partial charge in [-0.05, 0) is 47.1 Å².